The zero-order valence-electron chi connectivity index (χ0n) is 9.45. The first kappa shape index (κ1) is 11.2. The monoisotopic (exact) mass is 231 g/mol. The summed E-state index contributed by atoms with van der Waals surface area (Å²) in [6, 6.07) is 7.42. The van der Waals surface area contributed by atoms with Crippen LogP contribution in [0.1, 0.15) is 6.92 Å². The predicted molar refractivity (Wildman–Crippen MR) is 65.7 cm³/mol. The lowest BCUT2D eigenvalue weighted by atomic mass is 10.3. The van der Waals surface area contributed by atoms with Crippen molar-refractivity contribution in [2.75, 3.05) is 11.6 Å². The van der Waals surface area contributed by atoms with Gasteiger partial charge in [-0.15, -0.1) is 0 Å². The number of rotatable bonds is 3. The summed E-state index contributed by atoms with van der Waals surface area (Å²) in [7, 11) is 0. The minimum absolute atomic E-state index is 0.298. The van der Waals surface area contributed by atoms with E-state index in [9.17, 15) is 9.90 Å². The number of carboxylic acid groups (broad SMARTS) is 1. The number of aromatic nitrogens is 2. The highest BCUT2D eigenvalue weighted by atomic mass is 16.4. The maximum Gasteiger partial charge on any atom is 0.426 e. The predicted octanol–water partition coefficient (Wildman–Crippen LogP) is 2.23. The van der Waals surface area contributed by atoms with Gasteiger partial charge in [0.2, 0.25) is 0 Å². The molecule has 0 aliphatic carbocycles. The molecule has 1 N–H and O–H groups in total. The molecule has 17 heavy (non-hydrogen) atoms. The number of hydrogen-bond acceptors (Lipinski definition) is 2. The highest BCUT2D eigenvalue weighted by Gasteiger charge is 2.14. The summed E-state index contributed by atoms with van der Waals surface area (Å²) in [5.41, 5.74) is 1.55. The topological polar surface area (TPSA) is 58.4 Å². The van der Waals surface area contributed by atoms with Gasteiger partial charge in [0.05, 0.1) is 17.6 Å². The number of imidazole rings is 1. The second-order valence-corrected chi connectivity index (χ2v) is 3.51. The average molecular weight is 231 g/mol. The Morgan fingerprint density at radius 3 is 3.00 bits per heavy atom. The highest BCUT2D eigenvalue weighted by Crippen LogP contribution is 2.12. The van der Waals surface area contributed by atoms with Crippen LogP contribution in [0, 0.1) is 0 Å². The van der Waals surface area contributed by atoms with E-state index in [1.54, 1.807) is 6.08 Å². The fraction of sp³-hybridized carbons (Fsp3) is 0.167. The molecule has 0 atom stereocenters. The minimum Gasteiger partial charge on any atom is -0.464 e. The maximum atomic E-state index is 11.2. The fourth-order valence-corrected chi connectivity index (χ4v) is 1.60. The molecule has 0 saturated carbocycles. The molecule has 1 amide bonds. The molecule has 1 heterocycles. The Kier molecular flexibility index (Phi) is 3.09. The molecular formula is C12H13N3O2. The van der Waals surface area contributed by atoms with Crippen LogP contribution in [0.2, 0.25) is 0 Å². The number of hydrogen-bond donors (Lipinski definition) is 1. The van der Waals surface area contributed by atoms with Crippen LogP contribution in [0.3, 0.4) is 0 Å². The Labute approximate surface area is 98.6 Å². The van der Waals surface area contributed by atoms with E-state index >= 15 is 0 Å². The number of para-hydroxylation sites is 2. The molecule has 0 fully saturated rings. The molecular weight excluding hydrogens is 218 g/mol. The molecule has 1 aromatic carbocycles. The molecule has 2 rings (SSSR count). The molecule has 5 heteroatoms. The number of nitrogens with zero attached hydrogens (tertiary/aromatic N) is 3. The van der Waals surface area contributed by atoms with Gasteiger partial charge in [0.1, 0.15) is 6.33 Å². The van der Waals surface area contributed by atoms with Gasteiger partial charge < -0.3 is 5.11 Å². The van der Waals surface area contributed by atoms with Gasteiger partial charge >= 0.3 is 6.09 Å². The standard InChI is InChI=1S/C12H13N3O2/c1-2-3-8-14(12(16)17)15-9-13-10-6-4-5-7-11(10)15/h2-7,9H,8H2,1H3,(H,16,17). The summed E-state index contributed by atoms with van der Waals surface area (Å²) < 4.78 is 1.54. The largest absolute Gasteiger partial charge is 0.464 e. The van der Waals surface area contributed by atoms with Gasteiger partial charge in [-0.2, -0.15) is 0 Å². The van der Waals surface area contributed by atoms with Crippen molar-refractivity contribution in [2.24, 2.45) is 0 Å². The lowest BCUT2D eigenvalue weighted by Crippen LogP contribution is -2.38. The third-order valence-electron chi connectivity index (χ3n) is 2.43. The van der Waals surface area contributed by atoms with Crippen LogP contribution in [-0.4, -0.2) is 27.4 Å². The Morgan fingerprint density at radius 1 is 1.53 bits per heavy atom. The van der Waals surface area contributed by atoms with Crippen LogP contribution in [0.25, 0.3) is 11.0 Å². The smallest absolute Gasteiger partial charge is 0.426 e. The molecule has 88 valence electrons. The Balaban J connectivity index is 2.45. The van der Waals surface area contributed by atoms with Crippen molar-refractivity contribution in [3.63, 3.8) is 0 Å². The molecule has 5 nitrogen and oxygen atoms in total. The lowest BCUT2D eigenvalue weighted by Gasteiger charge is -2.18. The summed E-state index contributed by atoms with van der Waals surface area (Å²) in [6.07, 6.45) is 4.10. The first-order valence-corrected chi connectivity index (χ1v) is 5.28. The van der Waals surface area contributed by atoms with Gasteiger partial charge in [-0.3, -0.25) is 0 Å². The summed E-state index contributed by atoms with van der Waals surface area (Å²) in [4.78, 5) is 15.4. The van der Waals surface area contributed by atoms with E-state index in [-0.39, 0.29) is 0 Å². The summed E-state index contributed by atoms with van der Waals surface area (Å²) in [5, 5.41) is 10.4. The SMILES string of the molecule is CC=CCN(C(=O)O)n1cnc2ccccc21. The van der Waals surface area contributed by atoms with Crippen molar-refractivity contribution in [3.8, 4) is 0 Å². The van der Waals surface area contributed by atoms with E-state index < -0.39 is 6.09 Å². The minimum atomic E-state index is -1.01. The van der Waals surface area contributed by atoms with Crippen LogP contribution < -0.4 is 5.01 Å². The number of allylic oxidation sites excluding steroid dienone is 1. The van der Waals surface area contributed by atoms with Gasteiger partial charge in [0.25, 0.3) is 0 Å². The van der Waals surface area contributed by atoms with Crippen LogP contribution in [0.4, 0.5) is 4.79 Å². The van der Waals surface area contributed by atoms with Crippen molar-refractivity contribution in [2.45, 2.75) is 6.92 Å². The van der Waals surface area contributed by atoms with Gasteiger partial charge in [-0.1, -0.05) is 24.3 Å². The van der Waals surface area contributed by atoms with Crippen LogP contribution in [-0.2, 0) is 0 Å². The van der Waals surface area contributed by atoms with Crippen molar-refractivity contribution < 1.29 is 9.90 Å². The number of carbonyl (C=O) groups is 1. The van der Waals surface area contributed by atoms with Gasteiger partial charge in [-0.25, -0.2) is 19.5 Å². The van der Waals surface area contributed by atoms with E-state index in [0.717, 1.165) is 11.0 Å². The van der Waals surface area contributed by atoms with E-state index in [1.807, 2.05) is 37.3 Å². The van der Waals surface area contributed by atoms with Crippen molar-refractivity contribution >= 4 is 17.1 Å². The van der Waals surface area contributed by atoms with E-state index in [2.05, 4.69) is 4.98 Å². The van der Waals surface area contributed by atoms with Crippen LogP contribution >= 0.6 is 0 Å². The Hall–Kier alpha value is -2.30. The fourth-order valence-electron chi connectivity index (χ4n) is 1.60. The Morgan fingerprint density at radius 2 is 2.29 bits per heavy atom. The quantitative estimate of drug-likeness (QED) is 0.824. The van der Waals surface area contributed by atoms with Crippen LogP contribution in [0.15, 0.2) is 42.7 Å². The number of amides is 1. The number of fused-ring (bicyclic) bond motifs is 1. The second-order valence-electron chi connectivity index (χ2n) is 3.51. The zero-order chi connectivity index (χ0) is 12.3. The third-order valence-corrected chi connectivity index (χ3v) is 2.43. The van der Waals surface area contributed by atoms with Crippen molar-refractivity contribution in [1.82, 2.24) is 9.66 Å². The third kappa shape index (κ3) is 2.13. The first-order valence-electron chi connectivity index (χ1n) is 5.28. The first-order chi connectivity index (χ1) is 8.24. The average Bonchev–Trinajstić information content (AvgIpc) is 2.73. The van der Waals surface area contributed by atoms with Gasteiger partial charge in [0.15, 0.2) is 0 Å². The molecule has 0 saturated heterocycles. The molecule has 0 spiro atoms. The highest BCUT2D eigenvalue weighted by molar-refractivity contribution is 5.82. The molecule has 0 bridgehead atoms. The Bertz CT molecular complexity index is 560. The maximum absolute atomic E-state index is 11.2. The molecule has 0 aliphatic rings. The van der Waals surface area contributed by atoms with E-state index in [0.29, 0.717) is 6.54 Å². The van der Waals surface area contributed by atoms with Crippen molar-refractivity contribution in [3.05, 3.63) is 42.7 Å². The summed E-state index contributed by atoms with van der Waals surface area (Å²) in [6.45, 7) is 2.15. The molecule has 2 aromatic rings. The molecule has 0 radical (unpaired) electrons. The summed E-state index contributed by atoms with van der Waals surface area (Å²) in [5.74, 6) is 0. The lowest BCUT2D eigenvalue weighted by molar-refractivity contribution is 0.196. The number of benzene rings is 1. The molecule has 0 unspecified atom stereocenters. The van der Waals surface area contributed by atoms with Gasteiger partial charge in [0, 0.05) is 0 Å². The molecule has 1 aromatic heterocycles. The van der Waals surface area contributed by atoms with Crippen LogP contribution in [0.5, 0.6) is 0 Å². The van der Waals surface area contributed by atoms with E-state index in [4.69, 9.17) is 0 Å². The summed E-state index contributed by atoms with van der Waals surface area (Å²) >= 11 is 0. The zero-order valence-corrected chi connectivity index (χ0v) is 9.45. The molecule has 0 aliphatic heterocycles. The van der Waals surface area contributed by atoms with Gasteiger partial charge in [-0.05, 0) is 19.1 Å². The second kappa shape index (κ2) is 4.69. The normalized spacial score (nSPS) is 11.1. The van der Waals surface area contributed by atoms with Crippen molar-refractivity contribution in [1.29, 1.82) is 0 Å². The van der Waals surface area contributed by atoms with E-state index in [1.165, 1.54) is 16.0 Å².